The molecule has 3 N–H and O–H groups in total. The lowest BCUT2D eigenvalue weighted by Crippen LogP contribution is -2.19. The van der Waals surface area contributed by atoms with Gasteiger partial charge in [0.15, 0.2) is 0 Å². The van der Waals surface area contributed by atoms with E-state index in [1.807, 2.05) is 13.8 Å². The molecule has 0 saturated carbocycles. The highest BCUT2D eigenvalue weighted by atomic mass is 16.3. The summed E-state index contributed by atoms with van der Waals surface area (Å²) in [6.45, 7) is 4.43. The summed E-state index contributed by atoms with van der Waals surface area (Å²) in [4.78, 5) is 3.89. The maximum absolute atomic E-state index is 8.33. The van der Waals surface area contributed by atoms with Gasteiger partial charge < -0.3 is 10.8 Å². The maximum atomic E-state index is 8.33. The summed E-state index contributed by atoms with van der Waals surface area (Å²) in [5.74, 6) is 0.903. The summed E-state index contributed by atoms with van der Waals surface area (Å²) in [5.41, 5.74) is 5.44. The summed E-state index contributed by atoms with van der Waals surface area (Å²) in [7, 11) is 0. The molecule has 0 aromatic rings. The minimum atomic E-state index is 0.0768. The number of hydrogen-bond acceptors (Lipinski definition) is 2. The number of amidine groups is 1. The zero-order valence-electron chi connectivity index (χ0n) is 5.96. The van der Waals surface area contributed by atoms with Crippen molar-refractivity contribution >= 4 is 5.84 Å². The van der Waals surface area contributed by atoms with Gasteiger partial charge in [0.25, 0.3) is 0 Å². The zero-order valence-corrected chi connectivity index (χ0v) is 5.96. The van der Waals surface area contributed by atoms with Crippen molar-refractivity contribution in [3.8, 4) is 0 Å². The Morgan fingerprint density at radius 2 is 2.22 bits per heavy atom. The van der Waals surface area contributed by atoms with Crippen LogP contribution in [-0.4, -0.2) is 24.1 Å². The Morgan fingerprint density at radius 1 is 1.67 bits per heavy atom. The van der Waals surface area contributed by atoms with Crippen molar-refractivity contribution in [1.82, 2.24) is 0 Å². The molecule has 0 aromatic carbocycles. The fraction of sp³-hybridized carbons (Fsp3) is 0.833. The molecule has 9 heavy (non-hydrogen) atoms. The van der Waals surface area contributed by atoms with Gasteiger partial charge in [-0.3, -0.25) is 4.99 Å². The molecular weight excluding hydrogens is 116 g/mol. The van der Waals surface area contributed by atoms with E-state index in [-0.39, 0.29) is 12.5 Å². The van der Waals surface area contributed by atoms with Gasteiger partial charge in [-0.25, -0.2) is 0 Å². The first-order chi connectivity index (χ1) is 4.18. The summed E-state index contributed by atoms with van der Waals surface area (Å²) < 4.78 is 0. The lowest BCUT2D eigenvalue weighted by molar-refractivity contribution is 0.306. The molecule has 0 saturated heterocycles. The van der Waals surface area contributed by atoms with Crippen LogP contribution in [0.4, 0.5) is 0 Å². The molecule has 0 bridgehead atoms. The lowest BCUT2D eigenvalue weighted by atomic mass is 10.2. The molecular formula is C6H14N2O. The number of nitrogens with zero attached hydrogens (tertiary/aromatic N) is 1. The topological polar surface area (TPSA) is 58.6 Å². The predicted octanol–water partition coefficient (Wildman–Crippen LogP) is -0.00810. The monoisotopic (exact) mass is 130 g/mol. The van der Waals surface area contributed by atoms with Crippen LogP contribution in [0.3, 0.4) is 0 Å². The molecule has 0 rings (SSSR count). The highest BCUT2D eigenvalue weighted by Gasteiger charge is 1.95. The third kappa shape index (κ3) is 3.97. The number of aliphatic hydroxyl groups is 1. The highest BCUT2D eigenvalue weighted by Crippen LogP contribution is 1.89. The molecule has 0 atom stereocenters. The van der Waals surface area contributed by atoms with E-state index in [9.17, 15) is 0 Å². The van der Waals surface area contributed by atoms with Gasteiger partial charge in [0, 0.05) is 5.92 Å². The fourth-order valence-electron chi connectivity index (χ4n) is 0.362. The standard InChI is InChI=1S/C6H14N2O/c1-5(2)6(7)8-3-4-9/h5,9H,3-4H2,1-2H3,(H2,7,8). The van der Waals surface area contributed by atoms with E-state index in [0.717, 1.165) is 0 Å². The SMILES string of the molecule is CC(C)C(N)=NCCO. The van der Waals surface area contributed by atoms with Gasteiger partial charge in [-0.1, -0.05) is 13.8 Å². The van der Waals surface area contributed by atoms with E-state index in [1.54, 1.807) is 0 Å². The third-order valence-corrected chi connectivity index (χ3v) is 0.986. The normalized spacial score (nSPS) is 12.7. The van der Waals surface area contributed by atoms with E-state index >= 15 is 0 Å². The van der Waals surface area contributed by atoms with Gasteiger partial charge >= 0.3 is 0 Å². The van der Waals surface area contributed by atoms with Crippen molar-refractivity contribution in [2.45, 2.75) is 13.8 Å². The van der Waals surface area contributed by atoms with Crippen molar-refractivity contribution in [3.05, 3.63) is 0 Å². The van der Waals surface area contributed by atoms with Crippen LogP contribution in [0.5, 0.6) is 0 Å². The Labute approximate surface area is 55.6 Å². The van der Waals surface area contributed by atoms with Crippen molar-refractivity contribution in [2.75, 3.05) is 13.2 Å². The second kappa shape index (κ2) is 4.32. The van der Waals surface area contributed by atoms with Gasteiger partial charge in [-0.2, -0.15) is 0 Å². The molecule has 0 spiro atoms. The van der Waals surface area contributed by atoms with Crippen molar-refractivity contribution in [2.24, 2.45) is 16.6 Å². The fourth-order valence-corrected chi connectivity index (χ4v) is 0.362. The van der Waals surface area contributed by atoms with Crippen LogP contribution >= 0.6 is 0 Å². The Bertz CT molecular complexity index is 99.2. The second-order valence-electron chi connectivity index (χ2n) is 2.18. The molecule has 3 heteroatoms. The molecule has 0 amide bonds. The van der Waals surface area contributed by atoms with Gasteiger partial charge in [-0.15, -0.1) is 0 Å². The zero-order chi connectivity index (χ0) is 7.28. The van der Waals surface area contributed by atoms with E-state index < -0.39 is 0 Å². The first kappa shape index (κ1) is 8.43. The van der Waals surface area contributed by atoms with Crippen molar-refractivity contribution in [1.29, 1.82) is 0 Å². The van der Waals surface area contributed by atoms with Crippen LogP contribution in [0.1, 0.15) is 13.8 Å². The first-order valence-corrected chi connectivity index (χ1v) is 3.09. The molecule has 0 heterocycles. The van der Waals surface area contributed by atoms with Crippen LogP contribution in [0.15, 0.2) is 4.99 Å². The Balaban J connectivity index is 3.55. The average molecular weight is 130 g/mol. The minimum absolute atomic E-state index is 0.0768. The van der Waals surface area contributed by atoms with E-state index in [1.165, 1.54) is 0 Å². The Hall–Kier alpha value is -0.570. The average Bonchev–Trinajstić information content (AvgIpc) is 1.82. The number of aliphatic hydroxyl groups excluding tert-OH is 1. The van der Waals surface area contributed by atoms with Crippen LogP contribution in [0, 0.1) is 5.92 Å². The highest BCUT2D eigenvalue weighted by molar-refractivity contribution is 5.82. The van der Waals surface area contributed by atoms with Crippen molar-refractivity contribution < 1.29 is 5.11 Å². The van der Waals surface area contributed by atoms with Crippen molar-refractivity contribution in [3.63, 3.8) is 0 Å². The largest absolute Gasteiger partial charge is 0.394 e. The van der Waals surface area contributed by atoms with Gasteiger partial charge in [0.1, 0.15) is 0 Å². The van der Waals surface area contributed by atoms with Crippen LogP contribution < -0.4 is 5.73 Å². The number of hydrogen-bond donors (Lipinski definition) is 2. The summed E-state index contributed by atoms with van der Waals surface area (Å²) in [5, 5.41) is 8.33. The molecule has 0 aliphatic carbocycles. The molecule has 0 aliphatic heterocycles. The van der Waals surface area contributed by atoms with Gasteiger partial charge in [0.05, 0.1) is 19.0 Å². The van der Waals surface area contributed by atoms with Crippen LogP contribution in [0.25, 0.3) is 0 Å². The Kier molecular flexibility index (Phi) is 4.05. The molecule has 0 aliphatic rings. The molecule has 54 valence electrons. The lowest BCUT2D eigenvalue weighted by Gasteiger charge is -2.01. The number of nitrogens with two attached hydrogens (primary N) is 1. The van der Waals surface area contributed by atoms with E-state index in [2.05, 4.69) is 4.99 Å². The molecule has 3 nitrogen and oxygen atoms in total. The summed E-state index contributed by atoms with van der Waals surface area (Å²) in [6, 6.07) is 0. The van der Waals surface area contributed by atoms with E-state index in [0.29, 0.717) is 12.4 Å². The van der Waals surface area contributed by atoms with Gasteiger partial charge in [-0.05, 0) is 0 Å². The molecule has 0 radical (unpaired) electrons. The smallest absolute Gasteiger partial charge is 0.0963 e. The second-order valence-corrected chi connectivity index (χ2v) is 2.18. The molecule has 0 aromatic heterocycles. The quantitative estimate of drug-likeness (QED) is 0.417. The van der Waals surface area contributed by atoms with Crippen LogP contribution in [-0.2, 0) is 0 Å². The summed E-state index contributed by atoms with van der Waals surface area (Å²) in [6.07, 6.45) is 0. The molecule has 0 fully saturated rings. The summed E-state index contributed by atoms with van der Waals surface area (Å²) >= 11 is 0. The van der Waals surface area contributed by atoms with Crippen LogP contribution in [0.2, 0.25) is 0 Å². The third-order valence-electron chi connectivity index (χ3n) is 0.986. The predicted molar refractivity (Wildman–Crippen MR) is 38.4 cm³/mol. The molecule has 0 unspecified atom stereocenters. The first-order valence-electron chi connectivity index (χ1n) is 3.09. The van der Waals surface area contributed by atoms with Gasteiger partial charge in [0.2, 0.25) is 0 Å². The maximum Gasteiger partial charge on any atom is 0.0963 e. The Morgan fingerprint density at radius 3 is 2.56 bits per heavy atom. The van der Waals surface area contributed by atoms with E-state index in [4.69, 9.17) is 10.8 Å². The number of rotatable bonds is 3. The minimum Gasteiger partial charge on any atom is -0.394 e. The number of aliphatic imine (C=N–C) groups is 1.